The number of piperazine rings is 1. The van der Waals surface area contributed by atoms with Gasteiger partial charge in [-0.2, -0.15) is 0 Å². The van der Waals surface area contributed by atoms with Gasteiger partial charge in [-0.05, 0) is 19.5 Å². The summed E-state index contributed by atoms with van der Waals surface area (Å²) in [5.41, 5.74) is 13.5. The minimum atomic E-state index is 0.323. The van der Waals surface area contributed by atoms with Gasteiger partial charge in [0.2, 0.25) is 0 Å². The van der Waals surface area contributed by atoms with Crippen molar-refractivity contribution in [1.82, 2.24) is 9.80 Å². The molecule has 0 aromatic heterocycles. The fourth-order valence-corrected chi connectivity index (χ4v) is 2.22. The van der Waals surface area contributed by atoms with Crippen molar-refractivity contribution in [3.05, 3.63) is 23.5 Å². The molecule has 0 spiro atoms. The Labute approximate surface area is 91.2 Å². The van der Waals surface area contributed by atoms with Crippen molar-refractivity contribution < 1.29 is 0 Å². The number of nitrogens with zero attached hydrogens (tertiary/aromatic N) is 2. The van der Waals surface area contributed by atoms with Gasteiger partial charge in [0, 0.05) is 31.9 Å². The zero-order valence-corrected chi connectivity index (χ0v) is 9.32. The van der Waals surface area contributed by atoms with Crippen LogP contribution in [0.4, 0.5) is 0 Å². The number of likely N-dealkylation sites (N-methyl/N-ethyl adjacent to an activating group) is 1. The first-order valence-electron chi connectivity index (χ1n) is 5.52. The number of rotatable bonds is 1. The first-order valence-corrected chi connectivity index (χ1v) is 5.52. The molecule has 0 aromatic rings. The maximum absolute atomic E-state index is 6.04. The van der Waals surface area contributed by atoms with Crippen molar-refractivity contribution in [3.8, 4) is 0 Å². The van der Waals surface area contributed by atoms with E-state index in [1.165, 1.54) is 0 Å². The maximum atomic E-state index is 6.04. The lowest BCUT2D eigenvalue weighted by Crippen LogP contribution is -2.51. The molecular weight excluding hydrogens is 188 g/mol. The monoisotopic (exact) mass is 208 g/mol. The van der Waals surface area contributed by atoms with Crippen LogP contribution >= 0.6 is 0 Å². The van der Waals surface area contributed by atoms with E-state index in [1.54, 1.807) is 0 Å². The van der Waals surface area contributed by atoms with Crippen LogP contribution in [0.15, 0.2) is 23.5 Å². The minimum absolute atomic E-state index is 0.323. The van der Waals surface area contributed by atoms with Gasteiger partial charge in [-0.1, -0.05) is 6.08 Å². The topological polar surface area (TPSA) is 58.5 Å². The molecule has 0 saturated carbocycles. The SMILES string of the molecule is CN1CCN(C2CC=CC(N)=C2N)CC1. The molecule has 1 heterocycles. The molecule has 4 N–H and O–H groups in total. The summed E-state index contributed by atoms with van der Waals surface area (Å²) in [5, 5.41) is 0. The fourth-order valence-electron chi connectivity index (χ4n) is 2.22. The van der Waals surface area contributed by atoms with Crippen molar-refractivity contribution >= 4 is 0 Å². The van der Waals surface area contributed by atoms with Crippen LogP contribution < -0.4 is 11.5 Å². The quantitative estimate of drug-likeness (QED) is 0.621. The molecule has 1 saturated heterocycles. The summed E-state index contributed by atoms with van der Waals surface area (Å²) in [6.45, 7) is 4.41. The highest BCUT2D eigenvalue weighted by Gasteiger charge is 2.25. The van der Waals surface area contributed by atoms with E-state index in [0.717, 1.165) is 44.0 Å². The molecule has 4 heteroatoms. The zero-order valence-electron chi connectivity index (χ0n) is 9.32. The molecule has 0 amide bonds. The molecule has 15 heavy (non-hydrogen) atoms. The van der Waals surface area contributed by atoms with Crippen LogP contribution in [0.25, 0.3) is 0 Å². The Morgan fingerprint density at radius 3 is 2.53 bits per heavy atom. The predicted octanol–water partition coefficient (Wildman–Crippen LogP) is -0.309. The molecule has 0 radical (unpaired) electrons. The molecule has 1 fully saturated rings. The Morgan fingerprint density at radius 2 is 1.87 bits per heavy atom. The third-order valence-corrected chi connectivity index (χ3v) is 3.33. The second-order valence-corrected chi connectivity index (χ2v) is 4.40. The third kappa shape index (κ3) is 2.16. The molecule has 4 nitrogen and oxygen atoms in total. The lowest BCUT2D eigenvalue weighted by atomic mass is 10.0. The average Bonchev–Trinajstić information content (AvgIpc) is 2.24. The van der Waals surface area contributed by atoms with E-state index in [9.17, 15) is 0 Å². The standard InChI is InChI=1S/C11H20N4/c1-14-5-7-15(8-6-14)10-4-2-3-9(12)11(10)13/h2-3,10H,4-8,12-13H2,1H3. The Bertz CT molecular complexity index is 287. The fraction of sp³-hybridized carbons (Fsp3) is 0.636. The van der Waals surface area contributed by atoms with E-state index in [0.29, 0.717) is 6.04 Å². The van der Waals surface area contributed by atoms with Crippen LogP contribution in [0, 0.1) is 0 Å². The summed E-state index contributed by atoms with van der Waals surface area (Å²) < 4.78 is 0. The van der Waals surface area contributed by atoms with Gasteiger partial charge in [0.15, 0.2) is 0 Å². The Kier molecular flexibility index (Phi) is 2.98. The third-order valence-electron chi connectivity index (χ3n) is 3.33. The number of nitrogens with two attached hydrogens (primary N) is 2. The summed E-state index contributed by atoms with van der Waals surface area (Å²) in [6.07, 6.45) is 5.03. The molecule has 0 aromatic carbocycles. The zero-order chi connectivity index (χ0) is 10.8. The highest BCUT2D eigenvalue weighted by Crippen LogP contribution is 2.19. The van der Waals surface area contributed by atoms with E-state index in [4.69, 9.17) is 11.5 Å². The van der Waals surface area contributed by atoms with Gasteiger partial charge in [0.25, 0.3) is 0 Å². The van der Waals surface area contributed by atoms with Crippen molar-refractivity contribution in [2.75, 3.05) is 33.2 Å². The minimum Gasteiger partial charge on any atom is -0.399 e. The predicted molar refractivity (Wildman–Crippen MR) is 62.0 cm³/mol. The lowest BCUT2D eigenvalue weighted by Gasteiger charge is -2.38. The van der Waals surface area contributed by atoms with Crippen LogP contribution in [0.1, 0.15) is 6.42 Å². The molecule has 1 aliphatic heterocycles. The van der Waals surface area contributed by atoms with Gasteiger partial charge < -0.3 is 16.4 Å². The van der Waals surface area contributed by atoms with E-state index < -0.39 is 0 Å². The van der Waals surface area contributed by atoms with E-state index in [-0.39, 0.29) is 0 Å². The Hall–Kier alpha value is -1.00. The van der Waals surface area contributed by atoms with Crippen LogP contribution in [0.3, 0.4) is 0 Å². The number of hydrogen-bond donors (Lipinski definition) is 2. The van der Waals surface area contributed by atoms with E-state index in [2.05, 4.69) is 22.9 Å². The molecular formula is C11H20N4. The molecule has 1 aliphatic carbocycles. The summed E-state index contributed by atoms with van der Waals surface area (Å²) in [6, 6.07) is 0.323. The van der Waals surface area contributed by atoms with Gasteiger partial charge in [0.1, 0.15) is 0 Å². The lowest BCUT2D eigenvalue weighted by molar-refractivity contribution is 0.124. The van der Waals surface area contributed by atoms with Crippen molar-refractivity contribution in [2.45, 2.75) is 12.5 Å². The Balaban J connectivity index is 2.03. The van der Waals surface area contributed by atoms with Crippen molar-refractivity contribution in [3.63, 3.8) is 0 Å². The van der Waals surface area contributed by atoms with Gasteiger partial charge in [-0.3, -0.25) is 4.90 Å². The smallest absolute Gasteiger partial charge is 0.0549 e. The molecule has 2 rings (SSSR count). The molecule has 1 unspecified atom stereocenters. The van der Waals surface area contributed by atoms with E-state index >= 15 is 0 Å². The van der Waals surface area contributed by atoms with Crippen LogP contribution in [0.2, 0.25) is 0 Å². The number of allylic oxidation sites excluding steroid dienone is 1. The van der Waals surface area contributed by atoms with Crippen LogP contribution in [0.5, 0.6) is 0 Å². The normalized spacial score (nSPS) is 29.8. The average molecular weight is 208 g/mol. The van der Waals surface area contributed by atoms with Crippen LogP contribution in [-0.4, -0.2) is 49.1 Å². The van der Waals surface area contributed by atoms with Crippen LogP contribution in [-0.2, 0) is 0 Å². The first kappa shape index (κ1) is 10.5. The molecule has 0 bridgehead atoms. The summed E-state index contributed by atoms with van der Waals surface area (Å²) in [5.74, 6) is 0. The Morgan fingerprint density at radius 1 is 1.20 bits per heavy atom. The number of hydrogen-bond acceptors (Lipinski definition) is 4. The van der Waals surface area contributed by atoms with Crippen molar-refractivity contribution in [2.24, 2.45) is 11.5 Å². The van der Waals surface area contributed by atoms with Gasteiger partial charge >= 0.3 is 0 Å². The molecule has 2 aliphatic rings. The molecule has 1 atom stereocenters. The van der Waals surface area contributed by atoms with Crippen molar-refractivity contribution in [1.29, 1.82) is 0 Å². The van der Waals surface area contributed by atoms with Gasteiger partial charge in [-0.25, -0.2) is 0 Å². The summed E-state index contributed by atoms with van der Waals surface area (Å²) in [7, 11) is 2.16. The highest BCUT2D eigenvalue weighted by atomic mass is 15.3. The van der Waals surface area contributed by atoms with E-state index in [1.807, 2.05) is 6.08 Å². The molecule has 84 valence electrons. The summed E-state index contributed by atoms with van der Waals surface area (Å²) >= 11 is 0. The van der Waals surface area contributed by atoms with Gasteiger partial charge in [-0.15, -0.1) is 0 Å². The second kappa shape index (κ2) is 4.24. The first-order chi connectivity index (χ1) is 7.18. The highest BCUT2D eigenvalue weighted by molar-refractivity contribution is 5.29. The maximum Gasteiger partial charge on any atom is 0.0549 e. The second-order valence-electron chi connectivity index (χ2n) is 4.40. The largest absolute Gasteiger partial charge is 0.399 e. The van der Waals surface area contributed by atoms with Gasteiger partial charge in [0.05, 0.1) is 11.7 Å². The summed E-state index contributed by atoms with van der Waals surface area (Å²) in [4.78, 5) is 4.78.